The van der Waals surface area contributed by atoms with Crippen LogP contribution in [0.2, 0.25) is 0 Å². The van der Waals surface area contributed by atoms with Crippen LogP contribution in [-0.4, -0.2) is 33.5 Å². The van der Waals surface area contributed by atoms with Gasteiger partial charge in [0.15, 0.2) is 0 Å². The molecule has 2 amide bonds. The summed E-state index contributed by atoms with van der Waals surface area (Å²) in [7, 11) is 0. The smallest absolute Gasteiger partial charge is 0.321 e. The Bertz CT molecular complexity index is 685. The Morgan fingerprint density at radius 1 is 1.33 bits per heavy atom. The van der Waals surface area contributed by atoms with Gasteiger partial charge < -0.3 is 10.4 Å². The van der Waals surface area contributed by atoms with Crippen LogP contribution in [0.5, 0.6) is 0 Å². The van der Waals surface area contributed by atoms with E-state index in [9.17, 15) is 9.90 Å². The van der Waals surface area contributed by atoms with Gasteiger partial charge in [-0.3, -0.25) is 5.32 Å². The van der Waals surface area contributed by atoms with E-state index in [2.05, 4.69) is 39.9 Å². The van der Waals surface area contributed by atoms with E-state index in [0.29, 0.717) is 5.13 Å². The van der Waals surface area contributed by atoms with Gasteiger partial charge in [-0.1, -0.05) is 48.6 Å². The number of carbonyl (C=O) groups excluding carboxylic acids is 1. The van der Waals surface area contributed by atoms with Crippen LogP contribution < -0.4 is 10.6 Å². The second-order valence-corrected chi connectivity index (χ2v) is 7.21. The van der Waals surface area contributed by atoms with Gasteiger partial charge in [0.1, 0.15) is 5.01 Å². The Hall–Kier alpha value is -1.99. The number of aliphatic hydroxyl groups is 1. The van der Waals surface area contributed by atoms with E-state index in [-0.39, 0.29) is 18.5 Å². The number of carbonyl (C=O) groups is 1. The molecule has 6 nitrogen and oxygen atoms in total. The number of benzene rings is 1. The molecule has 1 aromatic heterocycles. The lowest BCUT2D eigenvalue weighted by atomic mass is 9.80. The quantitative estimate of drug-likeness (QED) is 0.750. The molecule has 1 aliphatic carbocycles. The van der Waals surface area contributed by atoms with E-state index < -0.39 is 5.60 Å². The van der Waals surface area contributed by atoms with Crippen LogP contribution >= 0.6 is 11.3 Å². The van der Waals surface area contributed by atoms with Crippen molar-refractivity contribution in [3.05, 3.63) is 40.9 Å². The SMILES string of the molecule is CCC(c1ccccc1)c1nnc(NC(=O)NCC2(O)CCC2)s1. The predicted octanol–water partition coefficient (Wildman–Crippen LogP) is 3.12. The summed E-state index contributed by atoms with van der Waals surface area (Å²) < 4.78 is 0. The Morgan fingerprint density at radius 2 is 2.08 bits per heavy atom. The van der Waals surface area contributed by atoms with E-state index >= 15 is 0 Å². The van der Waals surface area contributed by atoms with Crippen molar-refractivity contribution in [3.63, 3.8) is 0 Å². The highest BCUT2D eigenvalue weighted by atomic mass is 32.1. The minimum absolute atomic E-state index is 0.179. The van der Waals surface area contributed by atoms with Gasteiger partial charge in [-0.15, -0.1) is 10.2 Å². The average Bonchev–Trinajstić information content (AvgIpc) is 3.01. The van der Waals surface area contributed by atoms with Gasteiger partial charge in [-0.2, -0.15) is 0 Å². The first kappa shape index (κ1) is 16.9. The van der Waals surface area contributed by atoms with Crippen LogP contribution in [0.3, 0.4) is 0 Å². The van der Waals surface area contributed by atoms with Crippen molar-refractivity contribution in [3.8, 4) is 0 Å². The van der Waals surface area contributed by atoms with Crippen molar-refractivity contribution in [2.45, 2.75) is 44.1 Å². The summed E-state index contributed by atoms with van der Waals surface area (Å²) in [6.45, 7) is 2.38. The van der Waals surface area contributed by atoms with Gasteiger partial charge in [-0.05, 0) is 31.2 Å². The third-order valence-corrected chi connectivity index (χ3v) is 5.38. The summed E-state index contributed by atoms with van der Waals surface area (Å²) in [6, 6.07) is 9.81. The Labute approximate surface area is 145 Å². The van der Waals surface area contributed by atoms with Gasteiger partial charge >= 0.3 is 6.03 Å². The summed E-state index contributed by atoms with van der Waals surface area (Å²) in [4.78, 5) is 11.9. The minimum Gasteiger partial charge on any atom is -0.388 e. The van der Waals surface area contributed by atoms with Crippen LogP contribution in [0.15, 0.2) is 30.3 Å². The molecule has 128 valence electrons. The van der Waals surface area contributed by atoms with Gasteiger partial charge in [0.05, 0.1) is 5.60 Å². The third-order valence-electron chi connectivity index (χ3n) is 4.43. The van der Waals surface area contributed by atoms with E-state index in [0.717, 1.165) is 30.7 Å². The summed E-state index contributed by atoms with van der Waals surface area (Å²) in [5.41, 5.74) is 0.462. The number of nitrogens with zero attached hydrogens (tertiary/aromatic N) is 2. The van der Waals surface area contributed by atoms with Gasteiger partial charge in [0.25, 0.3) is 0 Å². The van der Waals surface area contributed by atoms with Crippen molar-refractivity contribution < 1.29 is 9.90 Å². The van der Waals surface area contributed by atoms with E-state index in [1.165, 1.54) is 16.9 Å². The highest BCUT2D eigenvalue weighted by Gasteiger charge is 2.34. The zero-order valence-electron chi connectivity index (χ0n) is 13.7. The van der Waals surface area contributed by atoms with Crippen LogP contribution in [0.25, 0.3) is 0 Å². The highest BCUT2D eigenvalue weighted by Crippen LogP contribution is 2.32. The highest BCUT2D eigenvalue weighted by molar-refractivity contribution is 7.15. The molecule has 3 N–H and O–H groups in total. The number of aromatic nitrogens is 2. The first-order valence-corrected chi connectivity index (χ1v) is 9.07. The Morgan fingerprint density at radius 3 is 2.71 bits per heavy atom. The Balaban J connectivity index is 1.59. The first-order chi connectivity index (χ1) is 11.6. The maximum atomic E-state index is 11.9. The molecule has 1 saturated carbocycles. The molecule has 1 aliphatic rings. The zero-order chi connectivity index (χ0) is 17.0. The molecule has 1 aromatic carbocycles. The summed E-state index contributed by atoms with van der Waals surface area (Å²) in [6.07, 6.45) is 3.41. The molecule has 1 heterocycles. The van der Waals surface area contributed by atoms with Crippen LogP contribution in [-0.2, 0) is 0 Å². The van der Waals surface area contributed by atoms with Gasteiger partial charge in [0, 0.05) is 12.5 Å². The van der Waals surface area contributed by atoms with Crippen LogP contribution in [0, 0.1) is 0 Å². The molecular formula is C17H22N4O2S. The molecule has 0 aliphatic heterocycles. The molecule has 1 fully saturated rings. The normalized spacial score (nSPS) is 16.9. The summed E-state index contributed by atoms with van der Waals surface area (Å²) >= 11 is 1.39. The van der Waals surface area contributed by atoms with Crippen molar-refractivity contribution in [1.29, 1.82) is 0 Å². The monoisotopic (exact) mass is 346 g/mol. The van der Waals surface area contributed by atoms with Crippen LogP contribution in [0.4, 0.5) is 9.93 Å². The van der Waals surface area contributed by atoms with Crippen molar-refractivity contribution in [1.82, 2.24) is 15.5 Å². The fourth-order valence-electron chi connectivity index (χ4n) is 2.81. The molecule has 3 rings (SSSR count). The molecule has 0 bridgehead atoms. The van der Waals surface area contributed by atoms with Gasteiger partial charge in [0.2, 0.25) is 5.13 Å². The van der Waals surface area contributed by atoms with Crippen molar-refractivity contribution in [2.75, 3.05) is 11.9 Å². The van der Waals surface area contributed by atoms with Crippen LogP contribution in [0.1, 0.15) is 49.1 Å². The Kier molecular flexibility index (Phi) is 5.11. The molecule has 0 saturated heterocycles. The fraction of sp³-hybridized carbons (Fsp3) is 0.471. The largest absolute Gasteiger partial charge is 0.388 e. The molecule has 1 unspecified atom stereocenters. The number of amides is 2. The van der Waals surface area contributed by atoms with E-state index in [1.54, 1.807) is 0 Å². The van der Waals surface area contributed by atoms with Gasteiger partial charge in [-0.25, -0.2) is 4.79 Å². The lowest BCUT2D eigenvalue weighted by Gasteiger charge is -2.36. The minimum atomic E-state index is -0.732. The zero-order valence-corrected chi connectivity index (χ0v) is 14.5. The molecule has 2 aromatic rings. The number of urea groups is 1. The number of hydrogen-bond acceptors (Lipinski definition) is 5. The number of anilines is 1. The summed E-state index contributed by atoms with van der Waals surface area (Å²) in [5, 5.41) is 25.0. The number of rotatable bonds is 6. The summed E-state index contributed by atoms with van der Waals surface area (Å²) in [5.74, 6) is 0.179. The molecule has 7 heteroatoms. The third kappa shape index (κ3) is 3.91. The fourth-order valence-corrected chi connectivity index (χ4v) is 3.76. The maximum absolute atomic E-state index is 11.9. The molecular weight excluding hydrogens is 324 g/mol. The standard InChI is InChI=1S/C17H22N4O2S/c1-2-13(12-7-4-3-5-8-12)14-20-21-16(24-14)19-15(22)18-11-17(23)9-6-10-17/h3-5,7-8,13,23H,2,6,9-11H2,1H3,(H2,18,19,21,22). The first-order valence-electron chi connectivity index (χ1n) is 8.25. The topological polar surface area (TPSA) is 87.1 Å². The van der Waals surface area contributed by atoms with Crippen molar-refractivity contribution >= 4 is 22.5 Å². The van der Waals surface area contributed by atoms with E-state index in [4.69, 9.17) is 0 Å². The number of hydrogen-bond donors (Lipinski definition) is 3. The predicted molar refractivity (Wildman–Crippen MR) is 94.3 cm³/mol. The maximum Gasteiger partial charge on any atom is 0.321 e. The molecule has 0 radical (unpaired) electrons. The molecule has 24 heavy (non-hydrogen) atoms. The second kappa shape index (κ2) is 7.27. The molecule has 0 spiro atoms. The lowest BCUT2D eigenvalue weighted by molar-refractivity contribution is -0.0287. The van der Waals surface area contributed by atoms with E-state index in [1.807, 2.05) is 18.2 Å². The molecule has 1 atom stereocenters. The average molecular weight is 346 g/mol. The number of nitrogens with one attached hydrogen (secondary N) is 2. The lowest BCUT2D eigenvalue weighted by Crippen LogP contribution is -2.48. The second-order valence-electron chi connectivity index (χ2n) is 6.20. The van der Waals surface area contributed by atoms with Crippen molar-refractivity contribution in [2.24, 2.45) is 0 Å².